The molecule has 4 nitrogen and oxygen atoms in total. The molecule has 3 N–H and O–H groups in total. The molecule has 0 bridgehead atoms. The fourth-order valence-electron chi connectivity index (χ4n) is 1.80. The number of nitrogens with one attached hydrogen (secondary N) is 1. The zero-order chi connectivity index (χ0) is 14.5. The molecule has 0 radical (unpaired) electrons. The van der Waals surface area contributed by atoms with Crippen molar-refractivity contribution >= 4 is 27.6 Å². The molecule has 0 aromatic heterocycles. The number of halogens is 1. The summed E-state index contributed by atoms with van der Waals surface area (Å²) in [6.07, 6.45) is 0.813. The average molecular weight is 336 g/mol. The van der Waals surface area contributed by atoms with Crippen LogP contribution in [0.5, 0.6) is 5.75 Å². The molecule has 0 saturated heterocycles. The minimum Gasteiger partial charge on any atom is -0.508 e. The van der Waals surface area contributed by atoms with Gasteiger partial charge in [-0.2, -0.15) is 0 Å². The van der Waals surface area contributed by atoms with Crippen LogP contribution in [0.1, 0.15) is 15.9 Å². The summed E-state index contributed by atoms with van der Waals surface area (Å²) in [5, 5.41) is 21.3. The van der Waals surface area contributed by atoms with Gasteiger partial charge in [-0.05, 0) is 58.2 Å². The van der Waals surface area contributed by atoms with E-state index in [0.29, 0.717) is 0 Å². The Balaban J connectivity index is 1.94. The number of hydrogen-bond donors (Lipinski definition) is 3. The first kappa shape index (κ1) is 14.4. The highest BCUT2D eigenvalue weighted by atomic mass is 79.9. The molecule has 0 aliphatic rings. The van der Waals surface area contributed by atoms with E-state index in [9.17, 15) is 9.90 Å². The Morgan fingerprint density at radius 3 is 2.45 bits per heavy atom. The number of hydrogen-bond acceptors (Lipinski definition) is 3. The van der Waals surface area contributed by atoms with Crippen molar-refractivity contribution in [2.75, 3.05) is 11.9 Å². The van der Waals surface area contributed by atoms with E-state index in [1.807, 2.05) is 12.1 Å². The number of aromatic carboxylic acids is 1. The summed E-state index contributed by atoms with van der Waals surface area (Å²) in [6.45, 7) is 0.718. The lowest BCUT2D eigenvalue weighted by Crippen LogP contribution is -2.06. The second kappa shape index (κ2) is 6.43. The number of anilines is 1. The summed E-state index contributed by atoms with van der Waals surface area (Å²) in [4.78, 5) is 10.8. The highest BCUT2D eigenvalue weighted by Crippen LogP contribution is 2.23. The van der Waals surface area contributed by atoms with Crippen LogP contribution < -0.4 is 5.32 Å². The highest BCUT2D eigenvalue weighted by molar-refractivity contribution is 9.10. The Morgan fingerprint density at radius 1 is 1.15 bits per heavy atom. The predicted octanol–water partition coefficient (Wildman–Crippen LogP) is 3.51. The molecule has 0 saturated carbocycles. The first-order valence-electron chi connectivity index (χ1n) is 6.11. The van der Waals surface area contributed by atoms with Gasteiger partial charge in [-0.15, -0.1) is 0 Å². The molecule has 20 heavy (non-hydrogen) atoms. The van der Waals surface area contributed by atoms with Crippen molar-refractivity contribution in [3.63, 3.8) is 0 Å². The monoisotopic (exact) mass is 335 g/mol. The molecule has 0 amide bonds. The third-order valence-corrected chi connectivity index (χ3v) is 3.54. The topological polar surface area (TPSA) is 69.6 Å². The summed E-state index contributed by atoms with van der Waals surface area (Å²) in [7, 11) is 0. The van der Waals surface area contributed by atoms with Crippen molar-refractivity contribution in [1.82, 2.24) is 0 Å². The van der Waals surface area contributed by atoms with Crippen molar-refractivity contribution < 1.29 is 15.0 Å². The van der Waals surface area contributed by atoms with Crippen molar-refractivity contribution in [3.05, 3.63) is 58.1 Å². The molecule has 2 aromatic carbocycles. The van der Waals surface area contributed by atoms with Gasteiger partial charge in [0.2, 0.25) is 0 Å². The van der Waals surface area contributed by atoms with Gasteiger partial charge in [-0.1, -0.05) is 12.1 Å². The van der Waals surface area contributed by atoms with Crippen molar-refractivity contribution in [3.8, 4) is 5.75 Å². The van der Waals surface area contributed by atoms with Crippen LogP contribution in [-0.4, -0.2) is 22.7 Å². The number of phenols is 1. The molecule has 0 aliphatic carbocycles. The van der Waals surface area contributed by atoms with Crippen molar-refractivity contribution in [1.29, 1.82) is 0 Å². The number of phenolic OH excluding ortho intramolecular Hbond substituents is 1. The molecule has 2 rings (SSSR count). The Bertz CT molecular complexity index is 611. The standard InChI is InChI=1S/C15H14BrNO3/c16-13-9-11(15(19)20)3-6-14(13)17-8-7-10-1-4-12(18)5-2-10/h1-6,9,17-18H,7-8H2,(H,19,20). The van der Waals surface area contributed by atoms with Gasteiger partial charge in [0.15, 0.2) is 0 Å². The van der Waals surface area contributed by atoms with Gasteiger partial charge in [0.05, 0.1) is 5.56 Å². The summed E-state index contributed by atoms with van der Waals surface area (Å²) >= 11 is 3.35. The SMILES string of the molecule is O=C(O)c1ccc(NCCc2ccc(O)cc2)c(Br)c1. The zero-order valence-corrected chi connectivity index (χ0v) is 12.2. The summed E-state index contributed by atoms with van der Waals surface area (Å²) in [5.74, 6) is -0.685. The summed E-state index contributed by atoms with van der Waals surface area (Å²) in [5.41, 5.74) is 2.23. The summed E-state index contributed by atoms with van der Waals surface area (Å²) < 4.78 is 0.725. The minimum absolute atomic E-state index is 0.251. The first-order valence-corrected chi connectivity index (χ1v) is 6.90. The van der Waals surface area contributed by atoms with Crippen molar-refractivity contribution in [2.24, 2.45) is 0 Å². The lowest BCUT2D eigenvalue weighted by molar-refractivity contribution is 0.0697. The molecular weight excluding hydrogens is 322 g/mol. The van der Waals surface area contributed by atoms with Gasteiger partial charge < -0.3 is 15.5 Å². The summed E-state index contributed by atoms with van der Waals surface area (Å²) in [6, 6.07) is 11.9. The first-order chi connectivity index (χ1) is 9.56. The number of carboxylic acid groups (broad SMARTS) is 1. The van der Waals surface area contributed by atoms with Crippen LogP contribution in [0, 0.1) is 0 Å². The van der Waals surface area contributed by atoms with E-state index in [0.717, 1.165) is 28.7 Å². The van der Waals surface area contributed by atoms with Gasteiger partial charge in [0.1, 0.15) is 5.75 Å². The normalized spacial score (nSPS) is 10.2. The number of carboxylic acids is 1. The van der Waals surface area contributed by atoms with Crippen molar-refractivity contribution in [2.45, 2.75) is 6.42 Å². The molecule has 0 unspecified atom stereocenters. The quantitative estimate of drug-likeness (QED) is 0.782. The van der Waals surface area contributed by atoms with Crippen LogP contribution in [0.4, 0.5) is 5.69 Å². The van der Waals surface area contributed by atoms with E-state index in [1.54, 1.807) is 30.3 Å². The Hall–Kier alpha value is -2.01. The van der Waals surface area contributed by atoms with Crippen LogP contribution in [0.15, 0.2) is 46.9 Å². The van der Waals surface area contributed by atoms with Gasteiger partial charge in [0.25, 0.3) is 0 Å². The van der Waals surface area contributed by atoms with Crippen LogP contribution in [0.25, 0.3) is 0 Å². The molecule has 2 aromatic rings. The van der Waals surface area contributed by atoms with E-state index >= 15 is 0 Å². The molecule has 0 heterocycles. The number of carbonyl (C=O) groups is 1. The van der Waals surface area contributed by atoms with E-state index in [-0.39, 0.29) is 11.3 Å². The Morgan fingerprint density at radius 2 is 1.85 bits per heavy atom. The van der Waals surface area contributed by atoms with Crippen LogP contribution in [0.3, 0.4) is 0 Å². The molecule has 0 fully saturated rings. The second-order valence-electron chi connectivity index (χ2n) is 4.34. The molecular formula is C15H14BrNO3. The van der Waals surface area contributed by atoms with Gasteiger partial charge in [0, 0.05) is 16.7 Å². The maximum Gasteiger partial charge on any atom is 0.335 e. The largest absolute Gasteiger partial charge is 0.508 e. The smallest absolute Gasteiger partial charge is 0.335 e. The zero-order valence-electron chi connectivity index (χ0n) is 10.6. The van der Waals surface area contributed by atoms with E-state index in [4.69, 9.17) is 5.11 Å². The predicted molar refractivity (Wildman–Crippen MR) is 81.4 cm³/mol. The maximum atomic E-state index is 10.8. The van der Waals surface area contributed by atoms with E-state index in [1.165, 1.54) is 0 Å². The molecule has 0 aliphatic heterocycles. The van der Waals surface area contributed by atoms with Gasteiger partial charge >= 0.3 is 5.97 Å². The van der Waals surface area contributed by atoms with E-state index in [2.05, 4.69) is 21.2 Å². The van der Waals surface area contributed by atoms with Crippen LogP contribution in [-0.2, 0) is 6.42 Å². The third kappa shape index (κ3) is 3.74. The number of benzene rings is 2. The maximum absolute atomic E-state index is 10.8. The Kier molecular flexibility index (Phi) is 4.63. The second-order valence-corrected chi connectivity index (χ2v) is 5.20. The fourth-order valence-corrected chi connectivity index (χ4v) is 2.31. The Labute approximate surface area is 125 Å². The van der Waals surface area contributed by atoms with Crippen LogP contribution in [0.2, 0.25) is 0 Å². The molecule has 104 valence electrons. The highest BCUT2D eigenvalue weighted by Gasteiger charge is 2.06. The minimum atomic E-state index is -0.943. The number of rotatable bonds is 5. The lowest BCUT2D eigenvalue weighted by atomic mass is 10.1. The van der Waals surface area contributed by atoms with Gasteiger partial charge in [-0.3, -0.25) is 0 Å². The van der Waals surface area contributed by atoms with E-state index < -0.39 is 5.97 Å². The fraction of sp³-hybridized carbons (Fsp3) is 0.133. The molecule has 0 atom stereocenters. The lowest BCUT2D eigenvalue weighted by Gasteiger charge is -2.09. The third-order valence-electron chi connectivity index (χ3n) is 2.88. The number of aromatic hydroxyl groups is 1. The molecule has 5 heteroatoms. The van der Waals surface area contributed by atoms with Crippen LogP contribution >= 0.6 is 15.9 Å². The molecule has 0 spiro atoms. The van der Waals surface area contributed by atoms with Gasteiger partial charge in [-0.25, -0.2) is 4.79 Å². The average Bonchev–Trinajstić information content (AvgIpc) is 2.42.